The summed E-state index contributed by atoms with van der Waals surface area (Å²) in [6, 6.07) is 84.8. The molecule has 1 atom stereocenters. The van der Waals surface area contributed by atoms with Gasteiger partial charge in [-0.1, -0.05) is 146 Å². The second-order valence-electron chi connectivity index (χ2n) is 17.9. The topological polar surface area (TPSA) is 19.6 Å². The van der Waals surface area contributed by atoms with Crippen molar-refractivity contribution in [3.63, 3.8) is 0 Å². The zero-order chi connectivity index (χ0) is 44.5. The van der Waals surface area contributed by atoms with Crippen LogP contribution in [-0.2, 0) is 5.41 Å². The summed E-state index contributed by atoms with van der Waals surface area (Å²) in [5.41, 5.74) is 16.8. The van der Waals surface area contributed by atoms with Crippen LogP contribution >= 0.6 is 22.7 Å². The first kappa shape index (κ1) is 37.9. The second kappa shape index (κ2) is 14.4. The number of para-hydroxylation sites is 4. The largest absolute Gasteiger partial charge is 0.454 e. The van der Waals surface area contributed by atoms with Gasteiger partial charge in [0, 0.05) is 68.8 Å². The van der Waals surface area contributed by atoms with Gasteiger partial charge in [0.1, 0.15) is 5.58 Å². The lowest BCUT2D eigenvalue weighted by atomic mass is 9.70. The van der Waals surface area contributed by atoms with Crippen LogP contribution in [0.2, 0.25) is 0 Å². The van der Waals surface area contributed by atoms with Crippen LogP contribution in [0.5, 0.6) is 0 Å². The molecule has 3 heterocycles. The van der Waals surface area contributed by atoms with E-state index in [9.17, 15) is 0 Å². The summed E-state index contributed by atoms with van der Waals surface area (Å²) >= 11 is 3.77. The van der Waals surface area contributed by atoms with Gasteiger partial charge in [0.05, 0.1) is 16.8 Å². The zero-order valence-electron chi connectivity index (χ0n) is 36.6. The number of hydrogen-bond acceptors (Lipinski definition) is 5. The van der Waals surface area contributed by atoms with Crippen molar-refractivity contribution in [3.05, 3.63) is 253 Å². The number of fused-ring (bicyclic) bond motifs is 18. The second-order valence-corrected chi connectivity index (χ2v) is 20.0. The molecule has 2 aliphatic rings. The molecule has 13 aromatic rings. The standard InChI is InChI=1S/C63H38N2OS2/c1-3-17-39(18-4-1)64(42-34-36-58-49(38-42)45-23-9-13-31-56(45)67-58)41-33-35-51-48(37-41)43-21-7-11-26-50(43)63(51)52-27-16-28-53(59(52)62-60(63)47-24-10-14-32-57(47)68-62)65(40-19-5-2-6-20-40)54-29-15-25-46-44-22-8-12-30-55(44)66-61(46)54/h1-38H. The third-order valence-corrected chi connectivity index (χ3v) is 16.8. The lowest BCUT2D eigenvalue weighted by molar-refractivity contribution is 0.669. The van der Waals surface area contributed by atoms with Crippen molar-refractivity contribution in [2.45, 2.75) is 5.41 Å². The van der Waals surface area contributed by atoms with Crippen LogP contribution in [0, 0.1) is 0 Å². The van der Waals surface area contributed by atoms with Crippen LogP contribution in [0.15, 0.2) is 235 Å². The highest BCUT2D eigenvalue weighted by atomic mass is 32.1. The van der Waals surface area contributed by atoms with Gasteiger partial charge in [-0.3, -0.25) is 0 Å². The maximum absolute atomic E-state index is 6.82. The van der Waals surface area contributed by atoms with Crippen LogP contribution < -0.4 is 9.80 Å². The van der Waals surface area contributed by atoms with Gasteiger partial charge in [0.15, 0.2) is 5.58 Å². The van der Waals surface area contributed by atoms with Crippen molar-refractivity contribution in [2.75, 3.05) is 9.80 Å². The molecule has 0 radical (unpaired) electrons. The van der Waals surface area contributed by atoms with Crippen LogP contribution in [0.1, 0.15) is 22.3 Å². The molecule has 0 aliphatic heterocycles. The monoisotopic (exact) mass is 902 g/mol. The third-order valence-electron chi connectivity index (χ3n) is 14.4. The van der Waals surface area contributed by atoms with Crippen LogP contribution in [0.3, 0.4) is 0 Å². The van der Waals surface area contributed by atoms with E-state index in [-0.39, 0.29) is 0 Å². The number of rotatable bonds is 6. The highest BCUT2D eigenvalue weighted by Crippen LogP contribution is 2.68. The number of benzene rings is 10. The zero-order valence-corrected chi connectivity index (χ0v) is 38.2. The molecule has 1 unspecified atom stereocenters. The summed E-state index contributed by atoms with van der Waals surface area (Å²) in [6.07, 6.45) is 0. The molecule has 0 fully saturated rings. The van der Waals surface area contributed by atoms with Crippen LogP contribution in [0.4, 0.5) is 34.1 Å². The molecule has 318 valence electrons. The Balaban J connectivity index is 0.998. The van der Waals surface area contributed by atoms with Gasteiger partial charge in [0.25, 0.3) is 0 Å². The first-order valence-electron chi connectivity index (χ1n) is 23.2. The fourth-order valence-electron chi connectivity index (χ4n) is 11.7. The Morgan fingerprint density at radius 2 is 0.941 bits per heavy atom. The molecule has 0 amide bonds. The maximum Gasteiger partial charge on any atom is 0.159 e. The summed E-state index contributed by atoms with van der Waals surface area (Å²) in [4.78, 5) is 6.18. The Morgan fingerprint density at radius 3 is 1.78 bits per heavy atom. The van der Waals surface area contributed by atoms with Gasteiger partial charge in [-0.2, -0.15) is 0 Å². The molecule has 15 rings (SSSR count). The van der Waals surface area contributed by atoms with E-state index in [0.29, 0.717) is 0 Å². The predicted octanol–water partition coefficient (Wildman–Crippen LogP) is 18.5. The average molecular weight is 903 g/mol. The highest BCUT2D eigenvalue weighted by Gasteiger charge is 2.54. The Bertz CT molecular complexity index is 4180. The van der Waals surface area contributed by atoms with Gasteiger partial charge >= 0.3 is 0 Å². The van der Waals surface area contributed by atoms with Gasteiger partial charge in [0.2, 0.25) is 0 Å². The van der Waals surface area contributed by atoms with Gasteiger partial charge in [-0.05, 0) is 124 Å². The molecule has 1 spiro atoms. The average Bonchev–Trinajstić information content (AvgIpc) is 4.20. The molecular formula is C63H38N2OS2. The lowest BCUT2D eigenvalue weighted by Gasteiger charge is -2.32. The maximum atomic E-state index is 6.82. The molecule has 68 heavy (non-hydrogen) atoms. The molecule has 0 saturated heterocycles. The fraction of sp³-hybridized carbons (Fsp3) is 0.0159. The summed E-state index contributed by atoms with van der Waals surface area (Å²) in [5.74, 6) is 0. The van der Waals surface area contributed by atoms with Crippen LogP contribution in [0.25, 0.3) is 73.8 Å². The van der Waals surface area contributed by atoms with Gasteiger partial charge in [-0.15, -0.1) is 22.7 Å². The van der Waals surface area contributed by atoms with Crippen molar-refractivity contribution in [1.82, 2.24) is 0 Å². The van der Waals surface area contributed by atoms with Gasteiger partial charge < -0.3 is 14.2 Å². The molecule has 5 heteroatoms. The van der Waals surface area contributed by atoms with E-state index in [4.69, 9.17) is 4.42 Å². The van der Waals surface area contributed by atoms with E-state index in [2.05, 4.69) is 240 Å². The van der Waals surface area contributed by atoms with Crippen molar-refractivity contribution in [3.8, 4) is 21.6 Å². The van der Waals surface area contributed by atoms with E-state index in [1.807, 2.05) is 22.7 Å². The molecule has 2 aliphatic carbocycles. The number of thiophene rings is 2. The third kappa shape index (κ3) is 5.17. The fourth-order valence-corrected chi connectivity index (χ4v) is 14.2. The summed E-state index contributed by atoms with van der Waals surface area (Å²) in [5, 5.41) is 6.10. The molecular weight excluding hydrogens is 865 g/mol. The van der Waals surface area contributed by atoms with E-state index >= 15 is 0 Å². The Morgan fingerprint density at radius 1 is 0.353 bits per heavy atom. The smallest absolute Gasteiger partial charge is 0.159 e. The summed E-state index contributed by atoms with van der Waals surface area (Å²) in [7, 11) is 0. The predicted molar refractivity (Wildman–Crippen MR) is 288 cm³/mol. The Hall–Kier alpha value is -8.22. The molecule has 0 bridgehead atoms. The van der Waals surface area contributed by atoms with Crippen molar-refractivity contribution < 1.29 is 4.42 Å². The molecule has 3 nitrogen and oxygen atoms in total. The minimum absolute atomic E-state index is 0.579. The van der Waals surface area contributed by atoms with Crippen LogP contribution in [-0.4, -0.2) is 0 Å². The number of hydrogen-bond donors (Lipinski definition) is 0. The summed E-state index contributed by atoms with van der Waals surface area (Å²) in [6.45, 7) is 0. The van der Waals surface area contributed by atoms with Crippen molar-refractivity contribution in [2.24, 2.45) is 0 Å². The number of nitrogens with zero attached hydrogens (tertiary/aromatic N) is 2. The Kier molecular flexibility index (Phi) is 8.03. The Labute approximate surface area is 400 Å². The van der Waals surface area contributed by atoms with E-state index < -0.39 is 5.41 Å². The molecule has 10 aromatic carbocycles. The molecule has 0 saturated carbocycles. The normalized spacial score (nSPS) is 14.5. The minimum atomic E-state index is -0.579. The first-order chi connectivity index (χ1) is 33.7. The highest BCUT2D eigenvalue weighted by molar-refractivity contribution is 7.25. The van der Waals surface area contributed by atoms with E-state index in [1.54, 1.807) is 0 Å². The first-order valence-corrected chi connectivity index (χ1v) is 24.8. The molecule has 0 N–H and O–H groups in total. The molecule has 3 aromatic heterocycles. The van der Waals surface area contributed by atoms with Crippen molar-refractivity contribution >= 4 is 109 Å². The number of anilines is 6. The summed E-state index contributed by atoms with van der Waals surface area (Å²) < 4.78 is 10.7. The van der Waals surface area contributed by atoms with Crippen molar-refractivity contribution in [1.29, 1.82) is 0 Å². The quantitative estimate of drug-likeness (QED) is 0.166. The lowest BCUT2D eigenvalue weighted by Crippen LogP contribution is -2.26. The van der Waals surface area contributed by atoms with Gasteiger partial charge in [-0.25, -0.2) is 0 Å². The number of furan rings is 1. The van der Waals surface area contributed by atoms with E-state index in [1.165, 1.54) is 74.1 Å². The SMILES string of the molecule is c1ccc(N(c2ccc3c(c2)-c2ccccc2C32c3cccc(N(c4ccccc4)c4cccc5c4oc4ccccc45)c3-c3sc4ccccc4c32)c2ccc3sc4ccccc4c3c2)cc1. The minimum Gasteiger partial charge on any atom is -0.454 e. The van der Waals surface area contributed by atoms with E-state index in [0.717, 1.165) is 56.1 Å².